The first-order chi connectivity index (χ1) is 14.7. The van der Waals surface area contributed by atoms with Gasteiger partial charge in [0.05, 0.1) is 6.61 Å². The van der Waals surface area contributed by atoms with Gasteiger partial charge >= 0.3 is 5.97 Å². The normalized spacial score (nSPS) is 12.9. The Morgan fingerprint density at radius 3 is 2.29 bits per heavy atom. The number of carbonyl (C=O) groups is 1. The van der Waals surface area contributed by atoms with E-state index in [2.05, 4.69) is 53.7 Å². The summed E-state index contributed by atoms with van der Waals surface area (Å²) in [4.78, 5) is 10.8. The molecule has 0 aliphatic rings. The number of benzene rings is 1. The van der Waals surface area contributed by atoms with E-state index in [-0.39, 0.29) is 0 Å². The quantitative estimate of drug-likeness (QED) is 0.196. The molecular weight excluding hydrogens is 384 g/mol. The first-order valence-corrected chi connectivity index (χ1v) is 11.7. The predicted octanol–water partition coefficient (Wildman–Crippen LogP) is 8.27. The number of carboxylic acid groups (broad SMARTS) is 1. The van der Waals surface area contributed by atoms with E-state index in [1.165, 1.54) is 42.9 Å². The Morgan fingerprint density at radius 2 is 1.71 bits per heavy atom. The Hall–Kier alpha value is -2.29. The summed E-state index contributed by atoms with van der Waals surface area (Å²) in [5.74, 6) is 0.874. The standard InChI is InChI=1S/C28H42O3/c1-8-9-10-11-12-16-31-28-25(21(4)5)18-24(20(2)3)19-26(28)23(7)15-13-14-22(6)17-27(29)30/h13-15,17-21H,8-12,16H2,1-7H3,(H,29,30)/b14-13+,22-17+,23-15+. The van der Waals surface area contributed by atoms with Crippen LogP contribution in [0.25, 0.3) is 5.57 Å². The van der Waals surface area contributed by atoms with Gasteiger partial charge in [0.2, 0.25) is 0 Å². The molecule has 0 amide bonds. The minimum atomic E-state index is -0.927. The Balaban J connectivity index is 3.25. The molecule has 3 nitrogen and oxygen atoms in total. The van der Waals surface area contributed by atoms with Crippen LogP contribution in [0.1, 0.15) is 109 Å². The minimum absolute atomic E-state index is 0.372. The zero-order valence-corrected chi connectivity index (χ0v) is 20.6. The van der Waals surface area contributed by atoms with E-state index in [1.807, 2.05) is 18.2 Å². The van der Waals surface area contributed by atoms with Crippen molar-refractivity contribution in [2.75, 3.05) is 6.61 Å². The van der Waals surface area contributed by atoms with Gasteiger partial charge in [-0.05, 0) is 60.4 Å². The van der Waals surface area contributed by atoms with Gasteiger partial charge in [0.25, 0.3) is 0 Å². The van der Waals surface area contributed by atoms with Crippen LogP contribution in [-0.4, -0.2) is 17.7 Å². The molecule has 0 spiro atoms. The maximum absolute atomic E-state index is 10.8. The summed E-state index contributed by atoms with van der Waals surface area (Å²) in [5, 5.41) is 8.88. The number of ether oxygens (including phenoxy) is 1. The number of aliphatic carboxylic acids is 1. The smallest absolute Gasteiger partial charge is 0.328 e. The second-order valence-corrected chi connectivity index (χ2v) is 8.99. The van der Waals surface area contributed by atoms with Crippen LogP contribution in [0.15, 0.2) is 42.0 Å². The van der Waals surface area contributed by atoms with Crippen molar-refractivity contribution in [1.29, 1.82) is 0 Å². The third-order valence-electron chi connectivity index (χ3n) is 5.40. The molecule has 0 aliphatic heterocycles. The monoisotopic (exact) mass is 426 g/mol. The second kappa shape index (κ2) is 13.9. The van der Waals surface area contributed by atoms with Crippen molar-refractivity contribution in [2.24, 2.45) is 0 Å². The molecule has 0 unspecified atom stereocenters. The molecule has 1 aromatic carbocycles. The van der Waals surface area contributed by atoms with Crippen molar-refractivity contribution < 1.29 is 14.6 Å². The lowest BCUT2D eigenvalue weighted by molar-refractivity contribution is -0.131. The lowest BCUT2D eigenvalue weighted by Crippen LogP contribution is -2.06. The van der Waals surface area contributed by atoms with E-state index < -0.39 is 5.97 Å². The van der Waals surface area contributed by atoms with Crippen molar-refractivity contribution in [3.63, 3.8) is 0 Å². The maximum atomic E-state index is 10.8. The second-order valence-electron chi connectivity index (χ2n) is 8.99. The summed E-state index contributed by atoms with van der Waals surface area (Å²) < 4.78 is 6.39. The highest BCUT2D eigenvalue weighted by atomic mass is 16.5. The van der Waals surface area contributed by atoms with Crippen molar-refractivity contribution in [2.45, 2.75) is 92.4 Å². The van der Waals surface area contributed by atoms with Gasteiger partial charge in [-0.3, -0.25) is 0 Å². The highest BCUT2D eigenvalue weighted by Gasteiger charge is 2.17. The van der Waals surface area contributed by atoms with Crippen molar-refractivity contribution >= 4 is 11.5 Å². The minimum Gasteiger partial charge on any atom is -0.493 e. The SMILES string of the molecule is CCCCCCCOc1c(/C(C)=C/C=C/C(C)=C/C(=O)O)cc(C(C)C)cc1C(C)C. The zero-order chi connectivity index (χ0) is 23.4. The van der Waals surface area contributed by atoms with Crippen LogP contribution >= 0.6 is 0 Å². The van der Waals surface area contributed by atoms with Crippen molar-refractivity contribution in [1.82, 2.24) is 0 Å². The van der Waals surface area contributed by atoms with E-state index in [1.54, 1.807) is 6.92 Å². The molecule has 0 saturated carbocycles. The number of hydrogen-bond acceptors (Lipinski definition) is 2. The zero-order valence-electron chi connectivity index (χ0n) is 20.6. The molecule has 172 valence electrons. The van der Waals surface area contributed by atoms with Crippen LogP contribution in [0.2, 0.25) is 0 Å². The summed E-state index contributed by atoms with van der Waals surface area (Å²) in [6, 6.07) is 4.55. The van der Waals surface area contributed by atoms with Gasteiger partial charge in [0.15, 0.2) is 0 Å². The van der Waals surface area contributed by atoms with Gasteiger partial charge in [-0.2, -0.15) is 0 Å². The molecule has 0 heterocycles. The van der Waals surface area contributed by atoms with Gasteiger partial charge < -0.3 is 9.84 Å². The number of carboxylic acids is 1. The predicted molar refractivity (Wildman–Crippen MR) is 133 cm³/mol. The number of hydrogen-bond donors (Lipinski definition) is 1. The summed E-state index contributed by atoms with van der Waals surface area (Å²) in [7, 11) is 0. The Morgan fingerprint density at radius 1 is 1.03 bits per heavy atom. The first-order valence-electron chi connectivity index (χ1n) is 11.7. The lowest BCUT2D eigenvalue weighted by atomic mass is 9.89. The third-order valence-corrected chi connectivity index (χ3v) is 5.40. The average Bonchev–Trinajstić information content (AvgIpc) is 2.69. The molecule has 1 rings (SSSR count). The first kappa shape index (κ1) is 26.7. The van der Waals surface area contributed by atoms with Crippen LogP contribution in [0.4, 0.5) is 0 Å². The molecule has 0 fully saturated rings. The lowest BCUT2D eigenvalue weighted by Gasteiger charge is -2.21. The highest BCUT2D eigenvalue weighted by molar-refractivity contribution is 5.81. The Labute approximate surface area is 189 Å². The summed E-state index contributed by atoms with van der Waals surface area (Å²) in [6.07, 6.45) is 13.1. The van der Waals surface area contributed by atoms with Crippen LogP contribution in [0.5, 0.6) is 5.75 Å². The third kappa shape index (κ3) is 9.59. The van der Waals surface area contributed by atoms with Crippen LogP contribution in [0, 0.1) is 0 Å². The van der Waals surface area contributed by atoms with E-state index in [9.17, 15) is 4.79 Å². The number of unbranched alkanes of at least 4 members (excludes halogenated alkanes) is 4. The summed E-state index contributed by atoms with van der Waals surface area (Å²) >= 11 is 0. The number of rotatable bonds is 13. The van der Waals surface area contributed by atoms with Gasteiger partial charge in [0.1, 0.15) is 5.75 Å². The van der Waals surface area contributed by atoms with E-state index >= 15 is 0 Å². The topological polar surface area (TPSA) is 46.5 Å². The highest BCUT2D eigenvalue weighted by Crippen LogP contribution is 2.37. The molecule has 3 heteroatoms. The Kier molecular flexibility index (Phi) is 12.0. The number of allylic oxidation sites excluding steroid dienone is 5. The van der Waals surface area contributed by atoms with E-state index in [4.69, 9.17) is 9.84 Å². The maximum Gasteiger partial charge on any atom is 0.328 e. The average molecular weight is 427 g/mol. The fourth-order valence-corrected chi connectivity index (χ4v) is 3.45. The van der Waals surface area contributed by atoms with Crippen LogP contribution in [0.3, 0.4) is 0 Å². The molecule has 0 aliphatic carbocycles. The van der Waals surface area contributed by atoms with E-state index in [0.29, 0.717) is 17.4 Å². The molecule has 31 heavy (non-hydrogen) atoms. The van der Waals surface area contributed by atoms with E-state index in [0.717, 1.165) is 29.9 Å². The fourth-order valence-electron chi connectivity index (χ4n) is 3.45. The largest absolute Gasteiger partial charge is 0.493 e. The van der Waals surface area contributed by atoms with Crippen LogP contribution in [-0.2, 0) is 4.79 Å². The summed E-state index contributed by atoms with van der Waals surface area (Å²) in [6.45, 7) is 15.7. The molecule has 0 atom stereocenters. The van der Waals surface area contributed by atoms with Gasteiger partial charge in [-0.15, -0.1) is 0 Å². The van der Waals surface area contributed by atoms with Crippen molar-refractivity contribution in [3.8, 4) is 5.75 Å². The van der Waals surface area contributed by atoms with Gasteiger partial charge in [-0.25, -0.2) is 4.79 Å². The molecular formula is C28H42O3. The fraction of sp³-hybridized carbons (Fsp3) is 0.536. The molecule has 0 radical (unpaired) electrons. The summed E-state index contributed by atoms with van der Waals surface area (Å²) in [5.41, 5.74) is 5.53. The van der Waals surface area contributed by atoms with Gasteiger partial charge in [0, 0.05) is 11.6 Å². The van der Waals surface area contributed by atoms with Crippen LogP contribution < -0.4 is 4.74 Å². The molecule has 0 bridgehead atoms. The Bertz CT molecular complexity index is 795. The molecule has 0 aromatic heterocycles. The molecule has 1 N–H and O–H groups in total. The molecule has 0 saturated heterocycles. The van der Waals surface area contributed by atoms with Crippen molar-refractivity contribution in [3.05, 3.63) is 58.7 Å². The van der Waals surface area contributed by atoms with Gasteiger partial charge in [-0.1, -0.05) is 84.6 Å². The molecule has 1 aromatic rings.